The van der Waals surface area contributed by atoms with Crippen molar-refractivity contribution in [2.75, 3.05) is 16.8 Å². The Kier molecular flexibility index (Phi) is 5.20. The Labute approximate surface area is 198 Å². The van der Waals surface area contributed by atoms with Gasteiger partial charge in [-0.25, -0.2) is 4.79 Å². The van der Waals surface area contributed by atoms with Crippen LogP contribution in [-0.4, -0.2) is 28.1 Å². The standard InChI is InChI=1S/C27H27N3O2S/c1-19-14-15-23-22(16-19)27(24(31)29(23)17-20-10-6-4-7-11-20)30(18-26(2,3)33-27)25(32)28-21-12-8-5-9-13-21/h4-16H,17-18H2,1-3H3,(H,28,32)/t27-/m0/s1. The van der Waals surface area contributed by atoms with Gasteiger partial charge in [0.1, 0.15) is 0 Å². The lowest BCUT2D eigenvalue weighted by atomic mass is 10.0. The largest absolute Gasteiger partial charge is 0.323 e. The third-order valence-corrected chi connectivity index (χ3v) is 7.73. The van der Waals surface area contributed by atoms with Gasteiger partial charge in [-0.2, -0.15) is 0 Å². The molecule has 0 saturated carbocycles. The van der Waals surface area contributed by atoms with Gasteiger partial charge < -0.3 is 10.2 Å². The summed E-state index contributed by atoms with van der Waals surface area (Å²) in [4.78, 5) is 30.3. The third-order valence-electron chi connectivity index (χ3n) is 6.14. The number of carbonyl (C=O) groups is 2. The summed E-state index contributed by atoms with van der Waals surface area (Å²) < 4.78 is -0.284. The molecule has 1 N–H and O–H groups in total. The van der Waals surface area contributed by atoms with Crippen LogP contribution in [0, 0.1) is 6.92 Å². The third kappa shape index (κ3) is 3.68. The monoisotopic (exact) mass is 457 g/mol. The van der Waals surface area contributed by atoms with E-state index in [2.05, 4.69) is 25.2 Å². The molecule has 3 amide bonds. The molecule has 0 aromatic heterocycles. The number of hydrogen-bond donors (Lipinski definition) is 1. The highest BCUT2D eigenvalue weighted by Gasteiger charge is 2.63. The summed E-state index contributed by atoms with van der Waals surface area (Å²) in [6.45, 7) is 7.15. The van der Waals surface area contributed by atoms with Crippen LogP contribution in [0.1, 0.15) is 30.5 Å². The first-order chi connectivity index (χ1) is 15.8. The highest BCUT2D eigenvalue weighted by atomic mass is 32.2. The van der Waals surface area contributed by atoms with Gasteiger partial charge in [0.2, 0.25) is 0 Å². The molecule has 1 atom stereocenters. The number of fused-ring (bicyclic) bond motifs is 2. The van der Waals surface area contributed by atoms with Crippen LogP contribution in [0.3, 0.4) is 0 Å². The molecular weight excluding hydrogens is 430 g/mol. The maximum Gasteiger partial charge on any atom is 0.323 e. The zero-order chi connectivity index (χ0) is 23.2. The minimum Gasteiger partial charge on any atom is -0.308 e. The van der Waals surface area contributed by atoms with Gasteiger partial charge in [-0.3, -0.25) is 9.69 Å². The minimum absolute atomic E-state index is 0.0641. The summed E-state index contributed by atoms with van der Waals surface area (Å²) in [6.07, 6.45) is 0. The second kappa shape index (κ2) is 7.96. The Morgan fingerprint density at radius 2 is 1.67 bits per heavy atom. The highest BCUT2D eigenvalue weighted by Crippen LogP contribution is 2.60. The molecule has 0 radical (unpaired) electrons. The van der Waals surface area contributed by atoms with E-state index in [1.165, 1.54) is 0 Å². The topological polar surface area (TPSA) is 52.7 Å². The van der Waals surface area contributed by atoms with Crippen LogP contribution in [0.15, 0.2) is 78.9 Å². The van der Waals surface area contributed by atoms with Gasteiger partial charge >= 0.3 is 6.03 Å². The summed E-state index contributed by atoms with van der Waals surface area (Å²) in [6, 6.07) is 25.2. The van der Waals surface area contributed by atoms with Crippen molar-refractivity contribution in [3.63, 3.8) is 0 Å². The molecule has 3 aromatic rings. The maximum absolute atomic E-state index is 14.2. The number of benzene rings is 3. The fourth-order valence-corrected chi connectivity index (χ4v) is 6.48. The summed E-state index contributed by atoms with van der Waals surface area (Å²) in [5.41, 5.74) is 4.59. The lowest BCUT2D eigenvalue weighted by Crippen LogP contribution is -2.51. The van der Waals surface area contributed by atoms with Crippen molar-refractivity contribution in [1.82, 2.24) is 4.90 Å². The van der Waals surface area contributed by atoms with Crippen molar-refractivity contribution in [3.05, 3.63) is 95.6 Å². The van der Waals surface area contributed by atoms with Crippen molar-refractivity contribution in [2.24, 2.45) is 0 Å². The Morgan fingerprint density at radius 3 is 2.36 bits per heavy atom. The molecule has 0 unspecified atom stereocenters. The van der Waals surface area contributed by atoms with Crippen molar-refractivity contribution in [1.29, 1.82) is 0 Å². The van der Waals surface area contributed by atoms with Crippen molar-refractivity contribution in [3.8, 4) is 0 Å². The molecular formula is C27H27N3O2S. The normalized spacial score (nSPS) is 20.9. The highest BCUT2D eigenvalue weighted by molar-refractivity contribution is 8.02. The van der Waals surface area contributed by atoms with Crippen molar-refractivity contribution < 1.29 is 9.59 Å². The molecule has 0 bridgehead atoms. The number of aryl methyl sites for hydroxylation is 1. The Morgan fingerprint density at radius 1 is 1.00 bits per heavy atom. The van der Waals surface area contributed by atoms with Gasteiger partial charge in [0.05, 0.1) is 12.2 Å². The van der Waals surface area contributed by atoms with Crippen LogP contribution in [-0.2, 0) is 16.2 Å². The van der Waals surface area contributed by atoms with Crippen LogP contribution in [0.4, 0.5) is 16.2 Å². The maximum atomic E-state index is 14.2. The number of urea groups is 1. The van der Waals surface area contributed by atoms with Crippen LogP contribution >= 0.6 is 11.8 Å². The van der Waals surface area contributed by atoms with Gasteiger partial charge in [0.15, 0.2) is 4.87 Å². The van der Waals surface area contributed by atoms with E-state index in [1.54, 1.807) is 16.7 Å². The average molecular weight is 458 g/mol. The van der Waals surface area contributed by atoms with Crippen LogP contribution in [0.25, 0.3) is 0 Å². The van der Waals surface area contributed by atoms with Crippen molar-refractivity contribution in [2.45, 2.75) is 36.9 Å². The van der Waals surface area contributed by atoms with Gasteiger partial charge in [0.25, 0.3) is 5.91 Å². The average Bonchev–Trinajstić information content (AvgIpc) is 3.21. The predicted octanol–water partition coefficient (Wildman–Crippen LogP) is 5.75. The molecule has 2 heterocycles. The SMILES string of the molecule is Cc1ccc2c(c1)[C@]1(SC(C)(C)CN1C(=O)Nc1ccccc1)C(=O)N2Cc1ccccc1. The summed E-state index contributed by atoms with van der Waals surface area (Å²) in [5, 5.41) is 3.01. The predicted molar refractivity (Wildman–Crippen MR) is 134 cm³/mol. The first kappa shape index (κ1) is 21.6. The fourth-order valence-electron chi connectivity index (χ4n) is 4.75. The number of carbonyl (C=O) groups excluding carboxylic acids is 2. The molecule has 0 aliphatic carbocycles. The molecule has 6 heteroatoms. The Balaban J connectivity index is 1.60. The molecule has 1 saturated heterocycles. The number of hydrogen-bond acceptors (Lipinski definition) is 3. The quantitative estimate of drug-likeness (QED) is 0.545. The van der Waals surface area contributed by atoms with Crippen LogP contribution in [0.2, 0.25) is 0 Å². The lowest BCUT2D eigenvalue weighted by Gasteiger charge is -2.33. The van der Waals surface area contributed by atoms with E-state index >= 15 is 0 Å². The zero-order valence-electron chi connectivity index (χ0n) is 19.0. The summed E-state index contributed by atoms with van der Waals surface area (Å²) in [5.74, 6) is -0.0641. The van der Waals surface area contributed by atoms with E-state index < -0.39 is 4.87 Å². The molecule has 3 aromatic carbocycles. The first-order valence-electron chi connectivity index (χ1n) is 11.1. The smallest absolute Gasteiger partial charge is 0.308 e. The number of rotatable bonds is 3. The number of nitrogens with zero attached hydrogens (tertiary/aromatic N) is 2. The van der Waals surface area contributed by atoms with E-state index in [4.69, 9.17) is 0 Å². The summed E-state index contributed by atoms with van der Waals surface area (Å²) >= 11 is 1.57. The minimum atomic E-state index is -1.10. The number of thioether (sulfide) groups is 1. The zero-order valence-corrected chi connectivity index (χ0v) is 19.9. The van der Waals surface area contributed by atoms with Crippen LogP contribution in [0.5, 0.6) is 0 Å². The Bertz CT molecular complexity index is 1210. The molecule has 2 aliphatic rings. The lowest BCUT2D eigenvalue weighted by molar-refractivity contribution is -0.123. The number of para-hydroxylation sites is 1. The molecule has 1 fully saturated rings. The molecule has 5 rings (SSSR count). The van der Waals surface area contributed by atoms with Crippen LogP contribution < -0.4 is 10.2 Å². The summed E-state index contributed by atoms with van der Waals surface area (Å²) in [7, 11) is 0. The number of nitrogens with one attached hydrogen (secondary N) is 1. The van der Waals surface area contributed by atoms with E-state index in [1.807, 2.05) is 84.6 Å². The molecule has 1 spiro atoms. The van der Waals surface area contributed by atoms with E-state index in [0.29, 0.717) is 18.8 Å². The molecule has 168 valence electrons. The molecule has 33 heavy (non-hydrogen) atoms. The Hall–Kier alpha value is -3.25. The van der Waals surface area contributed by atoms with Gasteiger partial charge in [0, 0.05) is 22.5 Å². The molecule has 2 aliphatic heterocycles. The van der Waals surface area contributed by atoms with Crippen molar-refractivity contribution >= 4 is 35.1 Å². The first-order valence-corrected chi connectivity index (χ1v) is 11.9. The molecule has 5 nitrogen and oxygen atoms in total. The number of anilines is 2. The number of amides is 3. The van der Waals surface area contributed by atoms with E-state index in [0.717, 1.165) is 22.4 Å². The fraction of sp³-hybridized carbons (Fsp3) is 0.259. The second-order valence-corrected chi connectivity index (χ2v) is 11.2. The van der Waals surface area contributed by atoms with Gasteiger partial charge in [-0.05, 0) is 44.5 Å². The van der Waals surface area contributed by atoms with Gasteiger partial charge in [-0.15, -0.1) is 11.8 Å². The second-order valence-electron chi connectivity index (χ2n) is 9.29. The van der Waals surface area contributed by atoms with E-state index in [9.17, 15) is 9.59 Å². The van der Waals surface area contributed by atoms with Gasteiger partial charge in [-0.1, -0.05) is 66.2 Å². The van der Waals surface area contributed by atoms with E-state index in [-0.39, 0.29) is 16.7 Å².